The van der Waals surface area contributed by atoms with E-state index in [0.29, 0.717) is 57.6 Å². The lowest BCUT2D eigenvalue weighted by Crippen LogP contribution is -2.59. The summed E-state index contributed by atoms with van der Waals surface area (Å²) in [5, 5.41) is 11.6. The number of nitrogens with one attached hydrogen (secondary N) is 4. The highest BCUT2D eigenvalue weighted by Crippen LogP contribution is 2.13. The van der Waals surface area contributed by atoms with E-state index in [-0.39, 0.29) is 36.5 Å². The van der Waals surface area contributed by atoms with Crippen LogP contribution in [-0.4, -0.2) is 91.3 Å². The van der Waals surface area contributed by atoms with Gasteiger partial charge >= 0.3 is 0 Å². The third kappa shape index (κ3) is 14.8. The molecule has 11 nitrogen and oxygen atoms in total. The second-order valence-corrected chi connectivity index (χ2v) is 14.3. The molecule has 0 radical (unpaired) electrons. The summed E-state index contributed by atoms with van der Waals surface area (Å²) < 4.78 is 5.40. The maximum Gasteiger partial charge on any atom is 0.243 e. The first kappa shape index (κ1) is 41.1. The highest BCUT2D eigenvalue weighted by atomic mass is 16.5. The molecule has 1 heterocycles. The summed E-state index contributed by atoms with van der Waals surface area (Å²) >= 11 is 0. The molecule has 0 aromatic heterocycles. The standard InChI is InChI=1S/C40H57N5O6/c1-27(2)23-33(37(47)29(5)6)42-40(50)35(25-31-15-11-8-12-16-31)44-39(49)34(24-28(3)4)43-38(48)32(18-17-30-13-9-7-10-14-30)41-36(46)26-45-19-21-51-22-20-45/h7-16,27-28,32-35H,5,17-26H2,1-4,6H3,(H,41,46)(H,42,50)(H,43,48)(H,44,49)/t32-,33-,34?,35-/m0/s1. The van der Waals surface area contributed by atoms with Crippen LogP contribution in [0.15, 0.2) is 72.8 Å². The second kappa shape index (κ2) is 21.1. The summed E-state index contributed by atoms with van der Waals surface area (Å²) in [4.78, 5) is 69.9. The average molecular weight is 704 g/mol. The second-order valence-electron chi connectivity index (χ2n) is 14.3. The molecule has 3 rings (SSSR count). The number of hydrogen-bond acceptors (Lipinski definition) is 7. The van der Waals surface area contributed by atoms with E-state index in [1.165, 1.54) is 0 Å². The molecule has 0 spiro atoms. The van der Waals surface area contributed by atoms with Gasteiger partial charge in [0.15, 0.2) is 5.78 Å². The van der Waals surface area contributed by atoms with Gasteiger partial charge in [-0.3, -0.25) is 28.9 Å². The molecule has 1 saturated heterocycles. The fourth-order valence-electron chi connectivity index (χ4n) is 6.01. The van der Waals surface area contributed by atoms with Crippen LogP contribution in [-0.2, 0) is 41.6 Å². The Labute approximate surface area is 303 Å². The molecule has 0 bridgehead atoms. The molecule has 2 aromatic carbocycles. The van der Waals surface area contributed by atoms with E-state index in [0.717, 1.165) is 11.1 Å². The van der Waals surface area contributed by atoms with Gasteiger partial charge in [0.05, 0.1) is 25.8 Å². The molecule has 11 heteroatoms. The number of ketones is 1. The van der Waals surface area contributed by atoms with E-state index in [2.05, 4.69) is 27.8 Å². The lowest BCUT2D eigenvalue weighted by atomic mass is 9.96. The number of ether oxygens (including phenoxy) is 1. The number of aryl methyl sites for hydroxylation is 1. The first-order valence-electron chi connectivity index (χ1n) is 18.1. The molecule has 4 N–H and O–H groups in total. The lowest BCUT2D eigenvalue weighted by molar-refractivity contribution is -0.134. The SMILES string of the molecule is C=C(C)C(=O)[C@H](CC(C)C)NC(=O)[C@H](Cc1ccccc1)NC(=O)C(CC(C)C)NC(=O)[C@H](CCc1ccccc1)NC(=O)CN1CCOCC1. The lowest BCUT2D eigenvalue weighted by Gasteiger charge is -2.29. The van der Waals surface area contributed by atoms with Crippen LogP contribution in [0.4, 0.5) is 0 Å². The molecule has 0 saturated carbocycles. The summed E-state index contributed by atoms with van der Waals surface area (Å²) in [6.45, 7) is 15.7. The summed E-state index contributed by atoms with van der Waals surface area (Å²) in [5.41, 5.74) is 2.17. The van der Waals surface area contributed by atoms with Gasteiger partial charge in [-0.05, 0) is 61.1 Å². The van der Waals surface area contributed by atoms with Crippen molar-refractivity contribution in [3.63, 3.8) is 0 Å². The van der Waals surface area contributed by atoms with Crippen LogP contribution in [0.3, 0.4) is 0 Å². The molecule has 0 aliphatic carbocycles. The Morgan fingerprint density at radius 3 is 1.75 bits per heavy atom. The van der Waals surface area contributed by atoms with Crippen molar-refractivity contribution in [3.05, 3.63) is 83.9 Å². The average Bonchev–Trinajstić information content (AvgIpc) is 3.09. The van der Waals surface area contributed by atoms with Crippen molar-refractivity contribution in [1.29, 1.82) is 0 Å². The minimum absolute atomic E-state index is 0.0183. The van der Waals surface area contributed by atoms with Crippen LogP contribution in [0.25, 0.3) is 0 Å². The van der Waals surface area contributed by atoms with Crippen LogP contribution < -0.4 is 21.3 Å². The first-order valence-corrected chi connectivity index (χ1v) is 18.1. The van der Waals surface area contributed by atoms with E-state index in [1.807, 2.05) is 93.3 Å². The van der Waals surface area contributed by atoms with Gasteiger partial charge in [0.1, 0.15) is 18.1 Å². The summed E-state index contributed by atoms with van der Waals surface area (Å²) in [6.07, 6.45) is 1.75. The number of carbonyl (C=O) groups is 5. The molecular formula is C40H57N5O6. The molecule has 1 fully saturated rings. The Bertz CT molecular complexity index is 1440. The molecule has 4 atom stereocenters. The number of rotatable bonds is 20. The topological polar surface area (TPSA) is 146 Å². The molecule has 51 heavy (non-hydrogen) atoms. The molecule has 2 aromatic rings. The van der Waals surface area contributed by atoms with Gasteiger partial charge in [-0.1, -0.05) is 94.9 Å². The van der Waals surface area contributed by atoms with Crippen LogP contribution in [0.1, 0.15) is 65.0 Å². The van der Waals surface area contributed by atoms with Gasteiger partial charge in [-0.15, -0.1) is 0 Å². The predicted octanol–water partition coefficient (Wildman–Crippen LogP) is 3.37. The minimum atomic E-state index is -1.03. The number of amides is 4. The fraction of sp³-hybridized carbons (Fsp3) is 0.525. The highest BCUT2D eigenvalue weighted by Gasteiger charge is 2.32. The quantitative estimate of drug-likeness (QED) is 0.155. The summed E-state index contributed by atoms with van der Waals surface area (Å²) in [7, 11) is 0. The van der Waals surface area contributed by atoms with E-state index in [4.69, 9.17) is 4.74 Å². The van der Waals surface area contributed by atoms with Crippen LogP contribution in [0.2, 0.25) is 0 Å². The van der Waals surface area contributed by atoms with Gasteiger partial charge in [0, 0.05) is 19.5 Å². The first-order chi connectivity index (χ1) is 24.3. The maximum absolute atomic E-state index is 14.0. The monoisotopic (exact) mass is 703 g/mol. The van der Waals surface area contributed by atoms with Gasteiger partial charge in [0.25, 0.3) is 0 Å². The Morgan fingerprint density at radius 1 is 0.686 bits per heavy atom. The van der Waals surface area contributed by atoms with Crippen LogP contribution >= 0.6 is 0 Å². The van der Waals surface area contributed by atoms with Crippen molar-refractivity contribution in [2.45, 2.75) is 90.9 Å². The fourth-order valence-corrected chi connectivity index (χ4v) is 6.01. The van der Waals surface area contributed by atoms with Gasteiger partial charge < -0.3 is 26.0 Å². The van der Waals surface area contributed by atoms with Crippen LogP contribution in [0.5, 0.6) is 0 Å². The van der Waals surface area contributed by atoms with E-state index < -0.39 is 41.9 Å². The maximum atomic E-state index is 14.0. The Kier molecular flexibility index (Phi) is 17.0. The molecular weight excluding hydrogens is 646 g/mol. The number of hydrogen-bond donors (Lipinski definition) is 4. The third-order valence-corrected chi connectivity index (χ3v) is 8.70. The Balaban J connectivity index is 1.82. The molecule has 1 unspecified atom stereocenters. The van der Waals surface area contributed by atoms with Crippen molar-refractivity contribution in [1.82, 2.24) is 26.2 Å². The number of Topliss-reactive ketones (excluding diaryl/α,β-unsaturated/α-hetero) is 1. The van der Waals surface area contributed by atoms with Crippen molar-refractivity contribution < 1.29 is 28.7 Å². The Morgan fingerprint density at radius 2 is 1.18 bits per heavy atom. The zero-order valence-electron chi connectivity index (χ0n) is 30.9. The molecule has 1 aliphatic rings. The zero-order valence-corrected chi connectivity index (χ0v) is 30.9. The predicted molar refractivity (Wildman–Crippen MR) is 199 cm³/mol. The smallest absolute Gasteiger partial charge is 0.243 e. The summed E-state index contributed by atoms with van der Waals surface area (Å²) in [6, 6.07) is 15.3. The van der Waals surface area contributed by atoms with Crippen molar-refractivity contribution in [3.8, 4) is 0 Å². The molecule has 278 valence electrons. The van der Waals surface area contributed by atoms with E-state index in [1.54, 1.807) is 6.92 Å². The van der Waals surface area contributed by atoms with Crippen molar-refractivity contribution in [2.75, 3.05) is 32.8 Å². The number of nitrogens with zero attached hydrogens (tertiary/aromatic N) is 1. The van der Waals surface area contributed by atoms with Gasteiger partial charge in [-0.2, -0.15) is 0 Å². The number of benzene rings is 2. The van der Waals surface area contributed by atoms with Crippen LogP contribution in [0, 0.1) is 11.8 Å². The number of morpholine rings is 1. The normalized spacial score (nSPS) is 15.7. The van der Waals surface area contributed by atoms with Crippen molar-refractivity contribution >= 4 is 29.4 Å². The minimum Gasteiger partial charge on any atom is -0.379 e. The Hall–Kier alpha value is -4.35. The largest absolute Gasteiger partial charge is 0.379 e. The molecule has 4 amide bonds. The highest BCUT2D eigenvalue weighted by molar-refractivity contribution is 6.01. The third-order valence-electron chi connectivity index (χ3n) is 8.70. The van der Waals surface area contributed by atoms with E-state index >= 15 is 0 Å². The molecule has 1 aliphatic heterocycles. The number of carbonyl (C=O) groups excluding carboxylic acids is 5. The van der Waals surface area contributed by atoms with Crippen molar-refractivity contribution in [2.24, 2.45) is 11.8 Å². The van der Waals surface area contributed by atoms with Gasteiger partial charge in [0.2, 0.25) is 23.6 Å². The zero-order chi connectivity index (χ0) is 37.3. The summed E-state index contributed by atoms with van der Waals surface area (Å²) in [5.74, 6) is -1.91. The van der Waals surface area contributed by atoms with E-state index in [9.17, 15) is 24.0 Å². The van der Waals surface area contributed by atoms with Gasteiger partial charge in [-0.25, -0.2) is 0 Å².